The second-order valence-electron chi connectivity index (χ2n) is 8.12. The summed E-state index contributed by atoms with van der Waals surface area (Å²) in [5.41, 5.74) is 5.78. The van der Waals surface area contributed by atoms with E-state index in [1.165, 1.54) is 12.0 Å². The maximum atomic E-state index is 9.85. The van der Waals surface area contributed by atoms with Crippen molar-refractivity contribution in [3.63, 3.8) is 0 Å². The van der Waals surface area contributed by atoms with E-state index in [1.807, 2.05) is 12.1 Å². The van der Waals surface area contributed by atoms with Crippen LogP contribution in [-0.2, 0) is 6.42 Å². The zero-order valence-corrected chi connectivity index (χ0v) is 17.1. The molecule has 0 amide bonds. The maximum Gasteiger partial charge on any atom is 0.100 e. The zero-order valence-electron chi connectivity index (χ0n) is 17.1. The molecule has 0 N–H and O–H groups in total. The van der Waals surface area contributed by atoms with Gasteiger partial charge in [-0.25, -0.2) is 0 Å². The monoisotopic (exact) mass is 379 g/mol. The molecule has 29 heavy (non-hydrogen) atoms. The van der Waals surface area contributed by atoms with Gasteiger partial charge in [-0.2, -0.15) is 10.5 Å². The fraction of sp³-hybridized carbons (Fsp3) is 0.308. The van der Waals surface area contributed by atoms with Crippen molar-refractivity contribution >= 4 is 22.9 Å². The van der Waals surface area contributed by atoms with E-state index in [-0.39, 0.29) is 0 Å². The summed E-state index contributed by atoms with van der Waals surface area (Å²) in [5, 5.41) is 21.4. The number of rotatable bonds is 3. The first-order valence-electron chi connectivity index (χ1n) is 10.2. The van der Waals surface area contributed by atoms with Gasteiger partial charge in [-0.3, -0.25) is 0 Å². The minimum absolute atomic E-state index is 0.634. The Morgan fingerprint density at radius 1 is 1.03 bits per heavy atom. The van der Waals surface area contributed by atoms with Crippen LogP contribution in [0.25, 0.3) is 22.9 Å². The Kier molecular flexibility index (Phi) is 5.34. The van der Waals surface area contributed by atoms with Crippen molar-refractivity contribution in [2.24, 2.45) is 0 Å². The molecule has 2 aliphatic carbocycles. The fourth-order valence-corrected chi connectivity index (χ4v) is 4.47. The van der Waals surface area contributed by atoms with Crippen LogP contribution >= 0.6 is 0 Å². The van der Waals surface area contributed by atoms with Gasteiger partial charge in [-0.05, 0) is 69.0 Å². The highest BCUT2D eigenvalue weighted by Gasteiger charge is 2.19. The van der Waals surface area contributed by atoms with Crippen LogP contribution in [0.1, 0.15) is 53.5 Å². The highest BCUT2D eigenvalue weighted by atomic mass is 15.1. The van der Waals surface area contributed by atoms with Crippen LogP contribution in [0.5, 0.6) is 0 Å². The van der Waals surface area contributed by atoms with Crippen molar-refractivity contribution in [1.29, 1.82) is 10.5 Å². The lowest BCUT2D eigenvalue weighted by Crippen LogP contribution is -2.28. The van der Waals surface area contributed by atoms with Crippen molar-refractivity contribution in [3.05, 3.63) is 69.8 Å². The molecule has 0 saturated carbocycles. The van der Waals surface area contributed by atoms with E-state index >= 15 is 0 Å². The highest BCUT2D eigenvalue weighted by Crippen LogP contribution is 2.35. The molecular weight excluding hydrogens is 354 g/mol. The SMILES string of the molecule is CN(C)C1CC=C(/C=C/c2ccc3c(C#N)c4c(c(C#N)c3c2)C=CCC4)CC1. The molecule has 1 unspecified atom stereocenters. The van der Waals surface area contributed by atoms with Crippen LogP contribution in [-0.4, -0.2) is 25.0 Å². The van der Waals surface area contributed by atoms with Crippen LogP contribution in [0.3, 0.4) is 0 Å². The average molecular weight is 380 g/mol. The molecule has 3 heteroatoms. The molecule has 0 spiro atoms. The average Bonchev–Trinajstić information content (AvgIpc) is 2.76. The topological polar surface area (TPSA) is 50.8 Å². The third kappa shape index (κ3) is 3.63. The number of fused-ring (bicyclic) bond motifs is 2. The number of nitriles is 2. The first kappa shape index (κ1) is 19.2. The van der Waals surface area contributed by atoms with Gasteiger partial charge in [-0.1, -0.05) is 48.1 Å². The summed E-state index contributed by atoms with van der Waals surface area (Å²) in [6, 6.07) is 11.5. The van der Waals surface area contributed by atoms with Gasteiger partial charge in [-0.15, -0.1) is 0 Å². The van der Waals surface area contributed by atoms with E-state index in [9.17, 15) is 10.5 Å². The van der Waals surface area contributed by atoms with Gasteiger partial charge in [0.05, 0.1) is 11.1 Å². The second-order valence-corrected chi connectivity index (χ2v) is 8.12. The van der Waals surface area contributed by atoms with Crippen LogP contribution in [0.4, 0.5) is 0 Å². The number of nitrogens with zero attached hydrogens (tertiary/aromatic N) is 3. The van der Waals surface area contributed by atoms with Gasteiger partial charge >= 0.3 is 0 Å². The lowest BCUT2D eigenvalue weighted by molar-refractivity contribution is 0.274. The number of hydrogen-bond donors (Lipinski definition) is 0. The van der Waals surface area contributed by atoms with E-state index in [0.717, 1.165) is 58.7 Å². The van der Waals surface area contributed by atoms with Gasteiger partial charge in [0.1, 0.15) is 12.1 Å². The molecule has 0 aliphatic heterocycles. The quantitative estimate of drug-likeness (QED) is 0.698. The van der Waals surface area contributed by atoms with Crippen LogP contribution in [0, 0.1) is 22.7 Å². The molecule has 0 fully saturated rings. The standard InChI is InChI=1S/C26H25N3/c1-29(2)20-12-9-18(10-13-20)7-8-19-11-14-23-24(15-19)26(17-28)22-6-4-3-5-21(22)25(23)16-27/h4,6-9,11,14-15,20H,3,5,10,12-13H2,1-2H3/b8-7+. The molecule has 0 heterocycles. The third-order valence-electron chi connectivity index (χ3n) is 6.19. The largest absolute Gasteiger partial charge is 0.306 e. The molecule has 3 nitrogen and oxygen atoms in total. The van der Waals surface area contributed by atoms with E-state index in [0.29, 0.717) is 11.6 Å². The van der Waals surface area contributed by atoms with Crippen LogP contribution in [0.15, 0.2) is 42.0 Å². The smallest absolute Gasteiger partial charge is 0.100 e. The molecule has 0 aromatic heterocycles. The van der Waals surface area contributed by atoms with E-state index in [4.69, 9.17) is 0 Å². The molecule has 0 saturated heterocycles. The summed E-state index contributed by atoms with van der Waals surface area (Å²) in [7, 11) is 4.29. The summed E-state index contributed by atoms with van der Waals surface area (Å²) >= 11 is 0. The normalized spacial score (nSPS) is 18.5. The first-order chi connectivity index (χ1) is 14.1. The second kappa shape index (κ2) is 8.08. The highest BCUT2D eigenvalue weighted by molar-refractivity contribution is 5.98. The lowest BCUT2D eigenvalue weighted by Gasteiger charge is -2.26. The van der Waals surface area contributed by atoms with Gasteiger partial charge in [0.15, 0.2) is 0 Å². The van der Waals surface area contributed by atoms with Crippen molar-refractivity contribution in [2.45, 2.75) is 38.1 Å². The minimum atomic E-state index is 0.634. The molecule has 0 bridgehead atoms. The Bertz CT molecular complexity index is 1130. The Balaban J connectivity index is 1.73. The van der Waals surface area contributed by atoms with Gasteiger partial charge < -0.3 is 4.90 Å². The summed E-state index contributed by atoms with van der Waals surface area (Å²) in [4.78, 5) is 2.30. The van der Waals surface area contributed by atoms with E-state index in [2.05, 4.69) is 67.6 Å². The summed E-state index contributed by atoms with van der Waals surface area (Å²) in [6.45, 7) is 0. The minimum Gasteiger partial charge on any atom is -0.306 e. The molecular formula is C26H25N3. The van der Waals surface area contributed by atoms with Crippen LogP contribution in [0.2, 0.25) is 0 Å². The van der Waals surface area contributed by atoms with Crippen molar-refractivity contribution in [2.75, 3.05) is 14.1 Å². The van der Waals surface area contributed by atoms with Crippen molar-refractivity contribution < 1.29 is 0 Å². The molecule has 2 aromatic carbocycles. The number of benzene rings is 2. The molecule has 0 radical (unpaired) electrons. The van der Waals surface area contributed by atoms with Crippen molar-refractivity contribution in [1.82, 2.24) is 4.90 Å². The van der Waals surface area contributed by atoms with Gasteiger partial charge in [0.25, 0.3) is 0 Å². The third-order valence-corrected chi connectivity index (χ3v) is 6.19. The lowest BCUT2D eigenvalue weighted by atomic mass is 9.84. The first-order valence-corrected chi connectivity index (χ1v) is 10.2. The summed E-state index contributed by atoms with van der Waals surface area (Å²) in [6.07, 6.45) is 15.9. The molecule has 2 aromatic rings. The summed E-state index contributed by atoms with van der Waals surface area (Å²) < 4.78 is 0. The zero-order chi connectivity index (χ0) is 20.4. The predicted octanol–water partition coefficient (Wildman–Crippen LogP) is 5.60. The molecule has 4 rings (SSSR count). The van der Waals surface area contributed by atoms with Gasteiger partial charge in [0.2, 0.25) is 0 Å². The predicted molar refractivity (Wildman–Crippen MR) is 119 cm³/mol. The van der Waals surface area contributed by atoms with Gasteiger partial charge in [0, 0.05) is 16.8 Å². The Morgan fingerprint density at radius 3 is 2.55 bits per heavy atom. The Labute approximate surface area is 172 Å². The molecule has 144 valence electrons. The fourth-order valence-electron chi connectivity index (χ4n) is 4.47. The summed E-state index contributed by atoms with van der Waals surface area (Å²) in [5.74, 6) is 0. The van der Waals surface area contributed by atoms with E-state index < -0.39 is 0 Å². The van der Waals surface area contributed by atoms with E-state index in [1.54, 1.807) is 0 Å². The number of hydrogen-bond acceptors (Lipinski definition) is 3. The van der Waals surface area contributed by atoms with Crippen LogP contribution < -0.4 is 0 Å². The Hall–Kier alpha value is -3.14. The Morgan fingerprint density at radius 2 is 1.86 bits per heavy atom. The van der Waals surface area contributed by atoms with Crippen molar-refractivity contribution in [3.8, 4) is 12.1 Å². The molecule has 1 atom stereocenters. The molecule has 2 aliphatic rings. The number of allylic oxidation sites excluding steroid dienone is 3. The maximum absolute atomic E-state index is 9.85.